The van der Waals surface area contributed by atoms with Crippen molar-refractivity contribution in [1.29, 1.82) is 0 Å². The fraction of sp³-hybridized carbons (Fsp3) is 0.192. The minimum absolute atomic E-state index is 0.153. The van der Waals surface area contributed by atoms with Crippen LogP contribution in [0.15, 0.2) is 85.1 Å². The molecular weight excluding hydrogens is 358 g/mol. The molecule has 1 unspecified atom stereocenters. The van der Waals surface area contributed by atoms with E-state index in [0.29, 0.717) is 12.3 Å². The van der Waals surface area contributed by atoms with Gasteiger partial charge in [-0.25, -0.2) is 0 Å². The normalized spacial score (nSPS) is 12.2. The molecule has 0 bridgehead atoms. The van der Waals surface area contributed by atoms with Gasteiger partial charge in [0, 0.05) is 23.7 Å². The van der Waals surface area contributed by atoms with Crippen LogP contribution in [0.5, 0.6) is 0 Å². The first-order chi connectivity index (χ1) is 14.1. The summed E-state index contributed by atoms with van der Waals surface area (Å²) < 4.78 is 2.24. The van der Waals surface area contributed by atoms with Crippen LogP contribution in [0, 0.1) is 0 Å². The van der Waals surface area contributed by atoms with Gasteiger partial charge in [-0.2, -0.15) is 0 Å². The summed E-state index contributed by atoms with van der Waals surface area (Å²) in [5.74, 6) is -0.362. The number of aromatic nitrogens is 1. The topological polar surface area (TPSA) is 42.2 Å². The molecule has 0 amide bonds. The SMILES string of the molecule is CC(Cc1cn(-c2ccccc2)c2ccc(CCC(=O)O)cc12)c1ccccc1. The second kappa shape index (κ2) is 8.36. The Morgan fingerprint density at radius 2 is 1.66 bits per heavy atom. The summed E-state index contributed by atoms with van der Waals surface area (Å²) in [5, 5.41) is 10.2. The zero-order valence-corrected chi connectivity index (χ0v) is 16.6. The summed E-state index contributed by atoms with van der Waals surface area (Å²) in [6.45, 7) is 2.26. The van der Waals surface area contributed by atoms with E-state index in [0.717, 1.165) is 23.2 Å². The van der Waals surface area contributed by atoms with E-state index >= 15 is 0 Å². The zero-order chi connectivity index (χ0) is 20.2. The van der Waals surface area contributed by atoms with Crippen LogP contribution in [0.1, 0.15) is 36.0 Å². The van der Waals surface area contributed by atoms with Crippen molar-refractivity contribution in [2.24, 2.45) is 0 Å². The number of carbonyl (C=O) groups is 1. The van der Waals surface area contributed by atoms with Crippen LogP contribution in [0.25, 0.3) is 16.6 Å². The van der Waals surface area contributed by atoms with Crippen molar-refractivity contribution in [2.45, 2.75) is 32.1 Å². The van der Waals surface area contributed by atoms with Crippen molar-refractivity contribution in [2.75, 3.05) is 0 Å². The lowest BCUT2D eigenvalue weighted by molar-refractivity contribution is -0.136. The zero-order valence-electron chi connectivity index (χ0n) is 16.6. The Morgan fingerprint density at radius 1 is 0.966 bits per heavy atom. The van der Waals surface area contributed by atoms with E-state index in [-0.39, 0.29) is 6.42 Å². The van der Waals surface area contributed by atoms with Crippen molar-refractivity contribution < 1.29 is 9.90 Å². The van der Waals surface area contributed by atoms with E-state index in [2.05, 4.69) is 84.4 Å². The minimum atomic E-state index is -0.759. The van der Waals surface area contributed by atoms with Gasteiger partial charge >= 0.3 is 5.97 Å². The highest BCUT2D eigenvalue weighted by Crippen LogP contribution is 2.30. The lowest BCUT2D eigenvalue weighted by atomic mass is 9.93. The Morgan fingerprint density at radius 3 is 2.34 bits per heavy atom. The second-order valence-corrected chi connectivity index (χ2v) is 7.62. The molecule has 3 heteroatoms. The average Bonchev–Trinajstić information content (AvgIpc) is 3.11. The summed E-state index contributed by atoms with van der Waals surface area (Å²) in [6, 6.07) is 27.3. The van der Waals surface area contributed by atoms with E-state index in [1.165, 1.54) is 16.5 Å². The first-order valence-electron chi connectivity index (χ1n) is 10.1. The van der Waals surface area contributed by atoms with E-state index in [1.54, 1.807) is 0 Å². The molecule has 146 valence electrons. The summed E-state index contributed by atoms with van der Waals surface area (Å²) in [6.07, 6.45) is 3.87. The number of nitrogens with zero attached hydrogens (tertiary/aromatic N) is 1. The molecule has 4 rings (SSSR count). The number of hydrogen-bond acceptors (Lipinski definition) is 1. The molecule has 0 aliphatic heterocycles. The molecule has 4 aromatic rings. The summed E-state index contributed by atoms with van der Waals surface area (Å²) in [4.78, 5) is 11.0. The van der Waals surface area contributed by atoms with Gasteiger partial charge in [-0.15, -0.1) is 0 Å². The number of aliphatic carboxylic acids is 1. The van der Waals surface area contributed by atoms with Crippen molar-refractivity contribution in [3.8, 4) is 5.69 Å². The molecule has 0 radical (unpaired) electrons. The van der Waals surface area contributed by atoms with Gasteiger partial charge in [0.2, 0.25) is 0 Å². The van der Waals surface area contributed by atoms with Crippen LogP contribution in [0.3, 0.4) is 0 Å². The van der Waals surface area contributed by atoms with E-state index in [1.807, 2.05) is 12.1 Å². The maximum absolute atomic E-state index is 11.0. The molecule has 29 heavy (non-hydrogen) atoms. The van der Waals surface area contributed by atoms with Crippen LogP contribution in [-0.2, 0) is 17.6 Å². The summed E-state index contributed by atoms with van der Waals surface area (Å²) >= 11 is 0. The van der Waals surface area contributed by atoms with Gasteiger partial charge in [0.15, 0.2) is 0 Å². The number of benzene rings is 3. The van der Waals surface area contributed by atoms with Gasteiger partial charge in [0.1, 0.15) is 0 Å². The standard InChI is InChI=1S/C26H25NO2/c1-19(21-8-4-2-5-9-21)16-22-18-27(23-10-6-3-7-11-23)25-14-12-20(17-24(22)25)13-15-26(28)29/h2-12,14,17-19H,13,15-16H2,1H3,(H,28,29). The molecule has 1 N–H and O–H groups in total. The fourth-order valence-corrected chi connectivity index (χ4v) is 3.95. The molecule has 0 aliphatic carbocycles. The third-order valence-corrected chi connectivity index (χ3v) is 5.51. The van der Waals surface area contributed by atoms with E-state index in [4.69, 9.17) is 5.11 Å². The predicted molar refractivity (Wildman–Crippen MR) is 118 cm³/mol. The lowest BCUT2D eigenvalue weighted by Crippen LogP contribution is -1.98. The minimum Gasteiger partial charge on any atom is -0.481 e. The molecule has 1 heterocycles. The number of carboxylic acids is 1. The molecule has 0 spiro atoms. The van der Waals surface area contributed by atoms with Gasteiger partial charge in [-0.3, -0.25) is 4.79 Å². The molecule has 3 aromatic carbocycles. The number of aryl methyl sites for hydroxylation is 1. The molecule has 0 saturated carbocycles. The molecular formula is C26H25NO2. The Bertz CT molecular complexity index is 1110. The number of fused-ring (bicyclic) bond motifs is 1. The molecule has 0 saturated heterocycles. The van der Waals surface area contributed by atoms with Crippen LogP contribution in [0.2, 0.25) is 0 Å². The number of para-hydroxylation sites is 1. The number of rotatable bonds is 7. The van der Waals surface area contributed by atoms with Crippen molar-refractivity contribution in [3.05, 3.63) is 102 Å². The highest BCUT2D eigenvalue weighted by atomic mass is 16.4. The van der Waals surface area contributed by atoms with Crippen LogP contribution in [-0.4, -0.2) is 15.6 Å². The molecule has 0 fully saturated rings. The predicted octanol–water partition coefficient (Wildman–Crippen LogP) is 5.99. The van der Waals surface area contributed by atoms with Gasteiger partial charge in [-0.1, -0.05) is 61.5 Å². The summed E-state index contributed by atoms with van der Waals surface area (Å²) in [7, 11) is 0. The maximum atomic E-state index is 11.0. The van der Waals surface area contributed by atoms with E-state index in [9.17, 15) is 4.79 Å². The van der Waals surface area contributed by atoms with Crippen molar-refractivity contribution in [3.63, 3.8) is 0 Å². The Kier molecular flexibility index (Phi) is 5.48. The first-order valence-corrected chi connectivity index (χ1v) is 10.1. The monoisotopic (exact) mass is 383 g/mol. The second-order valence-electron chi connectivity index (χ2n) is 7.62. The molecule has 0 aliphatic rings. The fourth-order valence-electron chi connectivity index (χ4n) is 3.95. The van der Waals surface area contributed by atoms with E-state index < -0.39 is 5.97 Å². The Hall–Kier alpha value is -3.33. The van der Waals surface area contributed by atoms with Crippen LogP contribution in [0.4, 0.5) is 0 Å². The summed E-state index contributed by atoms with van der Waals surface area (Å²) in [5.41, 5.74) is 5.98. The Balaban J connectivity index is 1.76. The van der Waals surface area contributed by atoms with Crippen molar-refractivity contribution in [1.82, 2.24) is 4.57 Å². The largest absolute Gasteiger partial charge is 0.481 e. The lowest BCUT2D eigenvalue weighted by Gasteiger charge is -2.11. The van der Waals surface area contributed by atoms with Gasteiger partial charge < -0.3 is 9.67 Å². The van der Waals surface area contributed by atoms with Gasteiger partial charge in [0.25, 0.3) is 0 Å². The van der Waals surface area contributed by atoms with Crippen LogP contribution < -0.4 is 0 Å². The Labute approximate surface area is 171 Å². The third-order valence-electron chi connectivity index (χ3n) is 5.51. The quantitative estimate of drug-likeness (QED) is 0.426. The van der Waals surface area contributed by atoms with Crippen molar-refractivity contribution >= 4 is 16.9 Å². The highest BCUT2D eigenvalue weighted by Gasteiger charge is 2.15. The first kappa shape index (κ1) is 19.0. The maximum Gasteiger partial charge on any atom is 0.303 e. The van der Waals surface area contributed by atoms with Crippen LogP contribution >= 0.6 is 0 Å². The third kappa shape index (κ3) is 4.24. The number of hydrogen-bond donors (Lipinski definition) is 1. The molecule has 3 nitrogen and oxygen atoms in total. The average molecular weight is 383 g/mol. The smallest absolute Gasteiger partial charge is 0.303 e. The van der Waals surface area contributed by atoms with Gasteiger partial charge in [-0.05, 0) is 59.7 Å². The molecule has 1 aromatic heterocycles. The highest BCUT2D eigenvalue weighted by molar-refractivity contribution is 5.86. The van der Waals surface area contributed by atoms with Gasteiger partial charge in [0.05, 0.1) is 5.52 Å². The number of carboxylic acid groups (broad SMARTS) is 1. The molecule has 1 atom stereocenters.